The highest BCUT2D eigenvalue weighted by Crippen LogP contribution is 2.19. The van der Waals surface area contributed by atoms with Crippen LogP contribution in [0.3, 0.4) is 0 Å². The first-order valence-corrected chi connectivity index (χ1v) is 6.69. The van der Waals surface area contributed by atoms with Crippen molar-refractivity contribution in [1.82, 2.24) is 15.2 Å². The molecule has 0 aliphatic carbocycles. The third-order valence-corrected chi connectivity index (χ3v) is 3.33. The minimum atomic E-state index is -4.33. The van der Waals surface area contributed by atoms with Gasteiger partial charge in [0.05, 0.1) is 0 Å². The number of aromatic nitrogens is 1. The van der Waals surface area contributed by atoms with Crippen molar-refractivity contribution in [3.05, 3.63) is 24.0 Å². The lowest BCUT2D eigenvalue weighted by Gasteiger charge is -2.23. The fourth-order valence-corrected chi connectivity index (χ4v) is 2.36. The van der Waals surface area contributed by atoms with Gasteiger partial charge in [0.2, 0.25) is 0 Å². The van der Waals surface area contributed by atoms with Crippen LogP contribution in [0.15, 0.2) is 18.3 Å². The highest BCUT2D eigenvalue weighted by atomic mass is 19.4. The van der Waals surface area contributed by atoms with Crippen LogP contribution >= 0.6 is 0 Å². The maximum absolute atomic E-state index is 12.4. The van der Waals surface area contributed by atoms with E-state index in [0.717, 1.165) is 30.4 Å². The minimum absolute atomic E-state index is 0.0399. The van der Waals surface area contributed by atoms with Gasteiger partial charge < -0.3 is 15.2 Å². The molecule has 0 spiro atoms. The summed E-state index contributed by atoms with van der Waals surface area (Å²) in [6.07, 6.45) is 0.140. The molecule has 112 valence electrons. The monoisotopic (exact) mass is 289 g/mol. The Bertz CT molecular complexity index is 450. The van der Waals surface area contributed by atoms with Crippen molar-refractivity contribution in [2.75, 3.05) is 13.1 Å². The molecule has 1 fully saturated rings. The van der Waals surface area contributed by atoms with Crippen LogP contribution in [0.5, 0.6) is 0 Å². The van der Waals surface area contributed by atoms with E-state index in [9.17, 15) is 18.0 Å². The lowest BCUT2D eigenvalue weighted by molar-refractivity contribution is -0.140. The van der Waals surface area contributed by atoms with Gasteiger partial charge in [-0.25, -0.2) is 0 Å². The largest absolute Gasteiger partial charge is 0.406 e. The third-order valence-electron chi connectivity index (χ3n) is 3.33. The molecular weight excluding hydrogens is 271 g/mol. The molecule has 2 N–H and O–H groups in total. The first-order valence-electron chi connectivity index (χ1n) is 6.69. The van der Waals surface area contributed by atoms with Crippen LogP contribution in [0, 0.1) is 0 Å². The molecule has 1 aromatic heterocycles. The Hall–Kier alpha value is -1.50. The van der Waals surface area contributed by atoms with E-state index in [1.807, 2.05) is 0 Å². The Balaban J connectivity index is 1.90. The summed E-state index contributed by atoms with van der Waals surface area (Å²) >= 11 is 0. The summed E-state index contributed by atoms with van der Waals surface area (Å²) in [7, 11) is 0. The van der Waals surface area contributed by atoms with E-state index in [2.05, 4.69) is 10.6 Å². The highest BCUT2D eigenvalue weighted by molar-refractivity contribution is 5.92. The zero-order valence-corrected chi connectivity index (χ0v) is 11.0. The average Bonchev–Trinajstić information content (AvgIpc) is 2.83. The molecule has 4 nitrogen and oxygen atoms in total. The quantitative estimate of drug-likeness (QED) is 0.889. The molecule has 1 saturated heterocycles. The Kier molecular flexibility index (Phi) is 4.69. The number of carbonyl (C=O) groups excluding carboxylic acids is 1. The average molecular weight is 289 g/mol. The van der Waals surface area contributed by atoms with Crippen LogP contribution < -0.4 is 10.6 Å². The second-order valence-corrected chi connectivity index (χ2v) is 4.99. The summed E-state index contributed by atoms with van der Waals surface area (Å²) in [5.74, 6) is -0.466. The predicted molar refractivity (Wildman–Crippen MR) is 68.5 cm³/mol. The molecule has 7 heteroatoms. The Morgan fingerprint density at radius 3 is 2.90 bits per heavy atom. The fraction of sp³-hybridized carbons (Fsp3) is 0.615. The summed E-state index contributed by atoms with van der Waals surface area (Å²) in [6.45, 7) is 0.214. The van der Waals surface area contributed by atoms with Crippen molar-refractivity contribution < 1.29 is 18.0 Å². The molecule has 0 radical (unpaired) electrons. The highest BCUT2D eigenvalue weighted by Gasteiger charge is 2.29. The molecule has 0 saturated carbocycles. The van der Waals surface area contributed by atoms with Crippen molar-refractivity contribution in [3.8, 4) is 0 Å². The Morgan fingerprint density at radius 2 is 2.25 bits per heavy atom. The van der Waals surface area contributed by atoms with Crippen LogP contribution in [-0.2, 0) is 6.54 Å². The van der Waals surface area contributed by atoms with Crippen LogP contribution in [0.25, 0.3) is 0 Å². The number of halogens is 3. The molecule has 0 aromatic carbocycles. The number of nitrogens with zero attached hydrogens (tertiary/aromatic N) is 1. The molecule has 0 bridgehead atoms. The van der Waals surface area contributed by atoms with E-state index in [-0.39, 0.29) is 11.7 Å². The molecule has 1 atom stereocenters. The van der Waals surface area contributed by atoms with Gasteiger partial charge in [-0.2, -0.15) is 13.2 Å². The normalized spacial score (nSPS) is 19.9. The maximum Gasteiger partial charge on any atom is 0.406 e. The molecule has 2 rings (SSSR count). The first kappa shape index (κ1) is 14.9. The summed E-state index contributed by atoms with van der Waals surface area (Å²) in [5.41, 5.74) is 0.0399. The molecular formula is C13H18F3N3O. The SMILES string of the molecule is O=C(NCC1CCCCN1)c1cccn1CC(F)(F)F. The first-order chi connectivity index (χ1) is 9.46. The number of alkyl halides is 3. The van der Waals surface area contributed by atoms with Gasteiger partial charge in [-0.1, -0.05) is 6.42 Å². The maximum atomic E-state index is 12.4. The standard InChI is InChI=1S/C13H18F3N3O/c14-13(15,16)9-19-7-3-5-11(19)12(20)18-8-10-4-1-2-6-17-10/h3,5,7,10,17H,1-2,4,6,8-9H2,(H,18,20). The van der Waals surface area contributed by atoms with Crippen molar-refractivity contribution in [2.24, 2.45) is 0 Å². The molecule has 1 amide bonds. The van der Waals surface area contributed by atoms with Gasteiger partial charge in [0.1, 0.15) is 12.2 Å². The van der Waals surface area contributed by atoms with Crippen molar-refractivity contribution in [2.45, 2.75) is 38.0 Å². The van der Waals surface area contributed by atoms with Gasteiger partial charge in [-0.05, 0) is 31.5 Å². The van der Waals surface area contributed by atoms with E-state index in [1.165, 1.54) is 18.3 Å². The Morgan fingerprint density at radius 1 is 1.45 bits per heavy atom. The number of nitrogens with one attached hydrogen (secondary N) is 2. The van der Waals surface area contributed by atoms with Gasteiger partial charge >= 0.3 is 6.18 Å². The number of hydrogen-bond acceptors (Lipinski definition) is 2. The number of amides is 1. The van der Waals surface area contributed by atoms with E-state index < -0.39 is 18.6 Å². The zero-order chi connectivity index (χ0) is 14.6. The number of rotatable bonds is 4. The Labute approximate surface area is 115 Å². The van der Waals surface area contributed by atoms with E-state index >= 15 is 0 Å². The van der Waals surface area contributed by atoms with E-state index in [4.69, 9.17) is 0 Å². The zero-order valence-electron chi connectivity index (χ0n) is 11.0. The predicted octanol–water partition coefficient (Wildman–Crippen LogP) is 1.92. The minimum Gasteiger partial charge on any atom is -0.349 e. The number of hydrogen-bond donors (Lipinski definition) is 2. The van der Waals surface area contributed by atoms with Crippen LogP contribution in [0.4, 0.5) is 13.2 Å². The van der Waals surface area contributed by atoms with Crippen LogP contribution in [0.2, 0.25) is 0 Å². The summed E-state index contributed by atoms with van der Waals surface area (Å²) in [4.78, 5) is 11.9. The number of carbonyl (C=O) groups is 1. The van der Waals surface area contributed by atoms with Crippen molar-refractivity contribution in [3.63, 3.8) is 0 Å². The fourth-order valence-electron chi connectivity index (χ4n) is 2.36. The lowest BCUT2D eigenvalue weighted by Crippen LogP contribution is -2.43. The summed E-state index contributed by atoms with van der Waals surface area (Å²) in [6, 6.07) is 3.05. The van der Waals surface area contributed by atoms with Gasteiger partial charge in [-0.3, -0.25) is 4.79 Å². The summed E-state index contributed by atoms with van der Waals surface area (Å²) in [5, 5.41) is 5.96. The van der Waals surface area contributed by atoms with Crippen LogP contribution in [-0.4, -0.2) is 35.8 Å². The van der Waals surface area contributed by atoms with Gasteiger partial charge in [0.15, 0.2) is 0 Å². The van der Waals surface area contributed by atoms with E-state index in [1.54, 1.807) is 0 Å². The second-order valence-electron chi connectivity index (χ2n) is 4.99. The summed E-state index contributed by atoms with van der Waals surface area (Å²) < 4.78 is 38.0. The van der Waals surface area contributed by atoms with Crippen molar-refractivity contribution >= 4 is 5.91 Å². The molecule has 1 aliphatic rings. The molecule has 1 aliphatic heterocycles. The van der Waals surface area contributed by atoms with Gasteiger partial charge in [0.25, 0.3) is 5.91 Å². The molecule has 2 heterocycles. The molecule has 20 heavy (non-hydrogen) atoms. The lowest BCUT2D eigenvalue weighted by atomic mass is 10.1. The van der Waals surface area contributed by atoms with Gasteiger partial charge in [-0.15, -0.1) is 0 Å². The molecule has 1 aromatic rings. The van der Waals surface area contributed by atoms with Crippen molar-refractivity contribution in [1.29, 1.82) is 0 Å². The molecule has 1 unspecified atom stereocenters. The van der Waals surface area contributed by atoms with Gasteiger partial charge in [0, 0.05) is 18.8 Å². The number of piperidine rings is 1. The van der Waals surface area contributed by atoms with Crippen LogP contribution in [0.1, 0.15) is 29.8 Å². The smallest absolute Gasteiger partial charge is 0.349 e. The van der Waals surface area contributed by atoms with E-state index in [0.29, 0.717) is 6.54 Å². The topological polar surface area (TPSA) is 46.1 Å². The second kappa shape index (κ2) is 6.30. The third kappa shape index (κ3) is 4.26.